The Kier molecular flexibility index (Phi) is 7.88. The van der Waals surface area contributed by atoms with E-state index in [1.54, 1.807) is 36.6 Å². The Morgan fingerprint density at radius 1 is 0.900 bits per heavy atom. The van der Waals surface area contributed by atoms with Gasteiger partial charge in [-0.05, 0) is 59.2 Å². The summed E-state index contributed by atoms with van der Waals surface area (Å²) in [4.78, 5) is 11.9. The highest BCUT2D eigenvalue weighted by atomic mass is 32.1. The van der Waals surface area contributed by atoms with Crippen molar-refractivity contribution in [2.45, 2.75) is 6.54 Å². The molecule has 0 aromatic heterocycles. The van der Waals surface area contributed by atoms with Crippen LogP contribution in [-0.2, 0) is 11.3 Å². The Morgan fingerprint density at radius 2 is 1.57 bits per heavy atom. The number of thiocarbonyl (C=S) groups is 1. The molecule has 0 fully saturated rings. The Hall–Kier alpha value is -3.77. The van der Waals surface area contributed by atoms with E-state index in [1.165, 1.54) is 6.08 Å². The largest absolute Gasteiger partial charge is 0.423 e. The highest BCUT2D eigenvalue weighted by Gasteiger charge is 2.00. The molecular formula is C24H21N3O2S. The van der Waals surface area contributed by atoms with Crippen LogP contribution >= 0.6 is 12.2 Å². The summed E-state index contributed by atoms with van der Waals surface area (Å²) in [5.41, 5.74) is 5.69. The number of esters is 1. The number of hydrogen-bond acceptors (Lipinski definition) is 4. The Labute approximate surface area is 181 Å². The monoisotopic (exact) mass is 415 g/mol. The van der Waals surface area contributed by atoms with E-state index in [0.717, 1.165) is 16.7 Å². The summed E-state index contributed by atoms with van der Waals surface area (Å²) in [6.07, 6.45) is 4.75. The fraction of sp³-hybridized carbons (Fsp3) is 0.0417. The molecule has 0 atom stereocenters. The molecule has 150 valence electrons. The second kappa shape index (κ2) is 11.3. The van der Waals surface area contributed by atoms with Crippen LogP contribution in [-0.4, -0.2) is 17.3 Å². The zero-order valence-corrected chi connectivity index (χ0v) is 17.0. The molecule has 30 heavy (non-hydrogen) atoms. The van der Waals surface area contributed by atoms with E-state index in [1.807, 2.05) is 60.7 Å². The summed E-state index contributed by atoms with van der Waals surface area (Å²) in [6.45, 7) is 0.626. The topological polar surface area (TPSA) is 62.7 Å². The predicted molar refractivity (Wildman–Crippen MR) is 124 cm³/mol. The molecule has 0 aliphatic carbocycles. The number of rotatable bonds is 7. The van der Waals surface area contributed by atoms with E-state index >= 15 is 0 Å². The SMILES string of the molecule is O=C(/C=C/c1ccccc1)Oc1ccc(/C=N/NC(=S)NCc2ccccc2)cc1. The van der Waals surface area contributed by atoms with Crippen LogP contribution in [0, 0.1) is 0 Å². The molecule has 3 rings (SSSR count). The van der Waals surface area contributed by atoms with Gasteiger partial charge in [-0.1, -0.05) is 60.7 Å². The Morgan fingerprint density at radius 3 is 2.27 bits per heavy atom. The molecule has 2 N–H and O–H groups in total. The number of carbonyl (C=O) groups excluding carboxylic acids is 1. The third-order valence-corrected chi connectivity index (χ3v) is 4.22. The van der Waals surface area contributed by atoms with E-state index < -0.39 is 5.97 Å². The Bertz CT molecular complexity index is 1020. The molecule has 0 saturated carbocycles. The van der Waals surface area contributed by atoms with E-state index in [9.17, 15) is 4.79 Å². The molecule has 0 saturated heterocycles. The molecule has 0 amide bonds. The highest BCUT2D eigenvalue weighted by Crippen LogP contribution is 2.12. The molecular weight excluding hydrogens is 394 g/mol. The van der Waals surface area contributed by atoms with Gasteiger partial charge in [-0.3, -0.25) is 5.43 Å². The van der Waals surface area contributed by atoms with Gasteiger partial charge in [0.05, 0.1) is 6.21 Å². The van der Waals surface area contributed by atoms with Crippen molar-refractivity contribution in [2.24, 2.45) is 5.10 Å². The maximum atomic E-state index is 11.9. The standard InChI is InChI=1S/C24H21N3O2S/c28-23(16-13-19-7-3-1-4-8-19)29-22-14-11-21(12-15-22)18-26-27-24(30)25-17-20-9-5-2-6-10-20/h1-16,18H,17H2,(H2,25,27,30)/b16-13+,26-18+. The number of nitrogens with zero attached hydrogens (tertiary/aromatic N) is 1. The molecule has 0 unspecified atom stereocenters. The van der Waals surface area contributed by atoms with E-state index in [-0.39, 0.29) is 0 Å². The van der Waals surface area contributed by atoms with Crippen molar-refractivity contribution in [3.05, 3.63) is 108 Å². The first-order valence-corrected chi connectivity index (χ1v) is 9.76. The van der Waals surface area contributed by atoms with Gasteiger partial charge in [0.2, 0.25) is 0 Å². The number of hydrogen-bond donors (Lipinski definition) is 2. The zero-order chi connectivity index (χ0) is 21.0. The molecule has 0 radical (unpaired) electrons. The molecule has 3 aromatic carbocycles. The van der Waals surface area contributed by atoms with E-state index in [4.69, 9.17) is 17.0 Å². The van der Waals surface area contributed by atoms with Gasteiger partial charge in [0.15, 0.2) is 5.11 Å². The summed E-state index contributed by atoms with van der Waals surface area (Å²) in [5.74, 6) is 0.0274. The van der Waals surface area contributed by atoms with Crippen LogP contribution in [0.4, 0.5) is 0 Å². The van der Waals surface area contributed by atoms with E-state index in [0.29, 0.717) is 17.4 Å². The third kappa shape index (κ3) is 7.33. The van der Waals surface area contributed by atoms with E-state index in [2.05, 4.69) is 15.8 Å². The van der Waals surface area contributed by atoms with Gasteiger partial charge in [-0.15, -0.1) is 0 Å². The average Bonchev–Trinajstić information content (AvgIpc) is 2.79. The molecule has 3 aromatic rings. The second-order valence-corrected chi connectivity index (χ2v) is 6.68. The van der Waals surface area contributed by atoms with Gasteiger partial charge in [-0.25, -0.2) is 4.79 Å². The molecule has 6 heteroatoms. The lowest BCUT2D eigenvalue weighted by atomic mass is 10.2. The number of hydrazone groups is 1. The molecule has 0 spiro atoms. The van der Waals surface area contributed by atoms with Gasteiger partial charge < -0.3 is 10.1 Å². The van der Waals surface area contributed by atoms with Gasteiger partial charge in [-0.2, -0.15) is 5.10 Å². The van der Waals surface area contributed by atoms with Crippen LogP contribution in [0.15, 0.2) is 96.1 Å². The van der Waals surface area contributed by atoms with Crippen molar-refractivity contribution in [1.29, 1.82) is 0 Å². The van der Waals surface area contributed by atoms with Crippen LogP contribution in [0.5, 0.6) is 5.75 Å². The lowest BCUT2D eigenvalue weighted by Crippen LogP contribution is -2.31. The Balaban J connectivity index is 1.43. The fourth-order valence-electron chi connectivity index (χ4n) is 2.48. The van der Waals surface area contributed by atoms with Crippen molar-refractivity contribution >= 4 is 35.6 Å². The highest BCUT2D eigenvalue weighted by molar-refractivity contribution is 7.80. The number of carbonyl (C=O) groups is 1. The summed E-state index contributed by atoms with van der Waals surface area (Å²) in [7, 11) is 0. The zero-order valence-electron chi connectivity index (χ0n) is 16.2. The summed E-state index contributed by atoms with van der Waals surface area (Å²) in [6, 6.07) is 26.5. The summed E-state index contributed by atoms with van der Waals surface area (Å²) >= 11 is 5.20. The van der Waals surface area contributed by atoms with Crippen molar-refractivity contribution in [1.82, 2.24) is 10.7 Å². The minimum absolute atomic E-state index is 0.434. The maximum Gasteiger partial charge on any atom is 0.336 e. The normalized spacial score (nSPS) is 10.8. The smallest absolute Gasteiger partial charge is 0.336 e. The van der Waals surface area contributed by atoms with Gasteiger partial charge in [0, 0.05) is 12.6 Å². The minimum atomic E-state index is -0.434. The maximum absolute atomic E-state index is 11.9. The molecule has 5 nitrogen and oxygen atoms in total. The summed E-state index contributed by atoms with van der Waals surface area (Å²) in [5, 5.41) is 7.63. The first kappa shape index (κ1) is 21.0. The van der Waals surface area contributed by atoms with Crippen molar-refractivity contribution in [3.8, 4) is 5.75 Å². The van der Waals surface area contributed by atoms with Crippen LogP contribution in [0.2, 0.25) is 0 Å². The lowest BCUT2D eigenvalue weighted by molar-refractivity contribution is -0.128. The first-order valence-electron chi connectivity index (χ1n) is 9.35. The average molecular weight is 416 g/mol. The fourth-order valence-corrected chi connectivity index (χ4v) is 2.61. The molecule has 0 aliphatic rings. The summed E-state index contributed by atoms with van der Waals surface area (Å²) < 4.78 is 5.29. The second-order valence-electron chi connectivity index (χ2n) is 6.27. The van der Waals surface area contributed by atoms with Crippen LogP contribution in [0.25, 0.3) is 6.08 Å². The molecule has 0 heterocycles. The predicted octanol–water partition coefficient (Wildman–Crippen LogP) is 4.30. The number of benzene rings is 3. The van der Waals surface area contributed by atoms with Crippen molar-refractivity contribution in [2.75, 3.05) is 0 Å². The third-order valence-electron chi connectivity index (χ3n) is 3.99. The van der Waals surface area contributed by atoms with Crippen molar-refractivity contribution in [3.63, 3.8) is 0 Å². The number of nitrogens with one attached hydrogen (secondary N) is 2. The lowest BCUT2D eigenvalue weighted by Gasteiger charge is -2.06. The quantitative estimate of drug-likeness (QED) is 0.150. The van der Waals surface area contributed by atoms with Gasteiger partial charge >= 0.3 is 5.97 Å². The molecule has 0 aliphatic heterocycles. The molecule has 0 bridgehead atoms. The van der Waals surface area contributed by atoms with Crippen LogP contribution < -0.4 is 15.5 Å². The van der Waals surface area contributed by atoms with Crippen LogP contribution in [0.3, 0.4) is 0 Å². The first-order chi connectivity index (χ1) is 14.7. The minimum Gasteiger partial charge on any atom is -0.423 e. The van der Waals surface area contributed by atoms with Crippen LogP contribution in [0.1, 0.15) is 16.7 Å². The van der Waals surface area contributed by atoms with Crippen molar-refractivity contribution < 1.29 is 9.53 Å². The number of ether oxygens (including phenoxy) is 1. The van der Waals surface area contributed by atoms with Gasteiger partial charge in [0.1, 0.15) is 5.75 Å². The van der Waals surface area contributed by atoms with Gasteiger partial charge in [0.25, 0.3) is 0 Å².